The van der Waals surface area contributed by atoms with Gasteiger partial charge in [-0.05, 0) is 36.4 Å². The van der Waals surface area contributed by atoms with E-state index in [0.717, 1.165) is 16.6 Å². The van der Waals surface area contributed by atoms with Gasteiger partial charge in [-0.15, -0.1) is 0 Å². The predicted molar refractivity (Wildman–Crippen MR) is 104 cm³/mol. The van der Waals surface area contributed by atoms with Crippen molar-refractivity contribution in [2.75, 3.05) is 5.32 Å². The summed E-state index contributed by atoms with van der Waals surface area (Å²) in [5, 5.41) is 13.8. The zero-order chi connectivity index (χ0) is 19.3. The summed E-state index contributed by atoms with van der Waals surface area (Å²) in [4.78, 5) is 19.4. The number of guanidine groups is 1. The van der Waals surface area contributed by atoms with Gasteiger partial charge in [0, 0.05) is 17.7 Å². The summed E-state index contributed by atoms with van der Waals surface area (Å²) in [5.41, 5.74) is 8.43. The number of rotatable bonds is 3. The van der Waals surface area contributed by atoms with E-state index in [4.69, 9.17) is 10.2 Å². The van der Waals surface area contributed by atoms with Crippen LogP contribution in [0.4, 0.5) is 11.6 Å². The van der Waals surface area contributed by atoms with Crippen molar-refractivity contribution in [1.82, 2.24) is 9.55 Å². The maximum Gasteiger partial charge on any atom is 0.269 e. The van der Waals surface area contributed by atoms with Crippen molar-refractivity contribution in [2.24, 2.45) is 10.7 Å². The fraction of sp³-hybridized carbons (Fsp3) is 0.0526. The standard InChI is InChI=1S/C19H14N6O3/c20-18-22-17(24-14-4-2-1-3-13(14)21-19(24)23-18)16-10-9-15(28-16)11-5-7-12(8-6-11)25(26)27/h1-10,17H,(H3,20,21,22,23)/t17-/m1/s1. The SMILES string of the molecule is NC1=N[C@@H](c2ccc(-c3ccc([N+](=O)[O-])cc3)o2)n2c(nc3ccccc32)N1. The van der Waals surface area contributed by atoms with E-state index in [-0.39, 0.29) is 11.6 Å². The number of hydrogen-bond acceptors (Lipinski definition) is 7. The Morgan fingerprint density at radius 2 is 1.89 bits per heavy atom. The van der Waals surface area contributed by atoms with Crippen LogP contribution in [0.2, 0.25) is 0 Å². The highest BCUT2D eigenvalue weighted by atomic mass is 16.6. The number of nitro groups is 1. The predicted octanol–water partition coefficient (Wildman–Crippen LogP) is 3.49. The Morgan fingerprint density at radius 3 is 2.68 bits per heavy atom. The van der Waals surface area contributed by atoms with Gasteiger partial charge in [-0.1, -0.05) is 12.1 Å². The molecule has 2 aromatic carbocycles. The summed E-state index contributed by atoms with van der Waals surface area (Å²) in [6.45, 7) is 0. The number of aromatic nitrogens is 2. The molecule has 1 aliphatic heterocycles. The van der Waals surface area contributed by atoms with Crippen molar-refractivity contribution in [3.63, 3.8) is 0 Å². The number of anilines is 1. The summed E-state index contributed by atoms with van der Waals surface area (Å²) < 4.78 is 7.94. The topological polar surface area (TPSA) is 125 Å². The highest BCUT2D eigenvalue weighted by Gasteiger charge is 2.27. The minimum Gasteiger partial charge on any atom is -0.457 e. The van der Waals surface area contributed by atoms with Crippen LogP contribution in [0.1, 0.15) is 11.9 Å². The van der Waals surface area contributed by atoms with E-state index in [0.29, 0.717) is 17.5 Å². The van der Waals surface area contributed by atoms with Gasteiger partial charge in [-0.25, -0.2) is 9.98 Å². The number of nitrogens with one attached hydrogen (secondary N) is 1. The van der Waals surface area contributed by atoms with Gasteiger partial charge in [0.15, 0.2) is 12.1 Å². The van der Waals surface area contributed by atoms with Gasteiger partial charge < -0.3 is 10.2 Å². The van der Waals surface area contributed by atoms with Crippen LogP contribution in [0.25, 0.3) is 22.4 Å². The van der Waals surface area contributed by atoms with E-state index >= 15 is 0 Å². The molecule has 138 valence electrons. The molecule has 3 N–H and O–H groups in total. The Kier molecular flexibility index (Phi) is 3.41. The first-order valence-electron chi connectivity index (χ1n) is 8.52. The van der Waals surface area contributed by atoms with Crippen LogP contribution >= 0.6 is 0 Å². The van der Waals surface area contributed by atoms with Crippen LogP contribution in [0.15, 0.2) is 70.1 Å². The Hall–Kier alpha value is -4.14. The van der Waals surface area contributed by atoms with Crippen molar-refractivity contribution in [3.05, 3.63) is 76.5 Å². The number of nitrogens with zero attached hydrogens (tertiary/aromatic N) is 4. The Morgan fingerprint density at radius 1 is 1.11 bits per heavy atom. The average molecular weight is 374 g/mol. The van der Waals surface area contributed by atoms with Gasteiger partial charge >= 0.3 is 0 Å². The van der Waals surface area contributed by atoms with E-state index < -0.39 is 11.1 Å². The largest absolute Gasteiger partial charge is 0.457 e. The summed E-state index contributed by atoms with van der Waals surface area (Å²) in [5.74, 6) is 2.01. The van der Waals surface area contributed by atoms with Crippen LogP contribution in [0.3, 0.4) is 0 Å². The highest BCUT2D eigenvalue weighted by molar-refractivity contribution is 5.94. The van der Waals surface area contributed by atoms with Gasteiger partial charge in [-0.3, -0.25) is 20.0 Å². The van der Waals surface area contributed by atoms with Crippen molar-refractivity contribution >= 4 is 28.6 Å². The molecule has 0 radical (unpaired) electrons. The minimum atomic E-state index is -0.504. The third-order valence-electron chi connectivity index (χ3n) is 4.59. The molecule has 0 fully saturated rings. The maximum absolute atomic E-state index is 10.8. The van der Waals surface area contributed by atoms with Crippen LogP contribution in [0.5, 0.6) is 0 Å². The number of non-ortho nitro benzene ring substituents is 1. The molecule has 0 aliphatic carbocycles. The zero-order valence-corrected chi connectivity index (χ0v) is 14.4. The van der Waals surface area contributed by atoms with E-state index in [1.807, 2.05) is 41.0 Å². The monoisotopic (exact) mass is 374 g/mol. The van der Waals surface area contributed by atoms with E-state index in [1.54, 1.807) is 12.1 Å². The van der Waals surface area contributed by atoms with Crippen molar-refractivity contribution in [3.8, 4) is 11.3 Å². The number of aliphatic imine (C=N–C) groups is 1. The molecule has 2 aromatic heterocycles. The first-order chi connectivity index (χ1) is 13.6. The lowest BCUT2D eigenvalue weighted by atomic mass is 10.1. The molecule has 5 rings (SSSR count). The highest BCUT2D eigenvalue weighted by Crippen LogP contribution is 2.35. The van der Waals surface area contributed by atoms with Gasteiger partial charge in [0.05, 0.1) is 16.0 Å². The van der Waals surface area contributed by atoms with Gasteiger partial charge in [0.2, 0.25) is 5.95 Å². The van der Waals surface area contributed by atoms with Gasteiger partial charge in [0.25, 0.3) is 5.69 Å². The molecule has 0 amide bonds. The van der Waals surface area contributed by atoms with E-state index in [1.165, 1.54) is 12.1 Å². The molecule has 9 nitrogen and oxygen atoms in total. The van der Waals surface area contributed by atoms with Crippen molar-refractivity contribution in [2.45, 2.75) is 6.17 Å². The second kappa shape index (κ2) is 5.95. The number of furan rings is 1. The molecule has 4 aromatic rings. The normalized spacial score (nSPS) is 15.7. The molecule has 0 bridgehead atoms. The molecular weight excluding hydrogens is 360 g/mol. The third-order valence-corrected chi connectivity index (χ3v) is 4.59. The fourth-order valence-corrected chi connectivity index (χ4v) is 3.30. The molecule has 0 saturated carbocycles. The van der Waals surface area contributed by atoms with Crippen LogP contribution in [0, 0.1) is 10.1 Å². The lowest BCUT2D eigenvalue weighted by Crippen LogP contribution is -2.31. The van der Waals surface area contributed by atoms with Gasteiger partial charge in [0.1, 0.15) is 11.5 Å². The molecule has 1 atom stereocenters. The summed E-state index contributed by atoms with van der Waals surface area (Å²) in [7, 11) is 0. The summed E-state index contributed by atoms with van der Waals surface area (Å²) in [6, 6.07) is 17.5. The number of nitrogens with two attached hydrogens (primary N) is 1. The number of imidazole rings is 1. The minimum absolute atomic E-state index is 0.0285. The smallest absolute Gasteiger partial charge is 0.269 e. The summed E-state index contributed by atoms with van der Waals surface area (Å²) >= 11 is 0. The van der Waals surface area contributed by atoms with Crippen LogP contribution in [-0.2, 0) is 0 Å². The molecule has 1 aliphatic rings. The fourth-order valence-electron chi connectivity index (χ4n) is 3.30. The van der Waals surface area contributed by atoms with Crippen LogP contribution in [-0.4, -0.2) is 20.4 Å². The Bertz CT molecular complexity index is 1240. The first-order valence-corrected chi connectivity index (χ1v) is 8.52. The molecule has 28 heavy (non-hydrogen) atoms. The molecule has 0 unspecified atom stereocenters. The zero-order valence-electron chi connectivity index (χ0n) is 14.4. The van der Waals surface area contributed by atoms with Crippen LogP contribution < -0.4 is 11.1 Å². The number of para-hydroxylation sites is 2. The average Bonchev–Trinajstić information content (AvgIpc) is 3.32. The van der Waals surface area contributed by atoms with Crippen molar-refractivity contribution in [1.29, 1.82) is 0 Å². The Labute approximate surface area is 158 Å². The third kappa shape index (κ3) is 2.49. The first kappa shape index (κ1) is 16.1. The molecule has 0 spiro atoms. The number of nitro benzene ring substituents is 1. The van der Waals surface area contributed by atoms with Crippen molar-refractivity contribution < 1.29 is 9.34 Å². The quantitative estimate of drug-likeness (QED) is 0.418. The lowest BCUT2D eigenvalue weighted by Gasteiger charge is -2.21. The molecule has 9 heteroatoms. The van der Waals surface area contributed by atoms with Gasteiger partial charge in [-0.2, -0.15) is 0 Å². The summed E-state index contributed by atoms with van der Waals surface area (Å²) in [6.07, 6.45) is -0.504. The molecule has 3 heterocycles. The molecule has 0 saturated heterocycles. The van der Waals surface area contributed by atoms with E-state index in [2.05, 4.69) is 15.3 Å². The lowest BCUT2D eigenvalue weighted by molar-refractivity contribution is -0.384. The maximum atomic E-state index is 10.8. The Balaban J connectivity index is 1.57. The van der Waals surface area contributed by atoms with E-state index in [9.17, 15) is 10.1 Å². The number of benzene rings is 2. The second-order valence-electron chi connectivity index (χ2n) is 6.31. The second-order valence-corrected chi connectivity index (χ2v) is 6.31. The number of fused-ring (bicyclic) bond motifs is 3. The number of hydrogen-bond donors (Lipinski definition) is 2. The molecular formula is C19H14N6O3.